The summed E-state index contributed by atoms with van der Waals surface area (Å²) in [6, 6.07) is 5.78. The molecule has 0 aliphatic carbocycles. The quantitative estimate of drug-likeness (QED) is 0.783. The summed E-state index contributed by atoms with van der Waals surface area (Å²) in [6.07, 6.45) is 0.781. The first-order valence-corrected chi connectivity index (χ1v) is 5.71. The van der Waals surface area contributed by atoms with Crippen LogP contribution in [0.3, 0.4) is 0 Å². The maximum Gasteiger partial charge on any atom is 0.123 e. The fourth-order valence-corrected chi connectivity index (χ4v) is 1.72. The van der Waals surface area contributed by atoms with Crippen LogP contribution in [0.1, 0.15) is 12.0 Å². The molecule has 0 amide bonds. The normalized spacial score (nSPS) is 10.6. The number of hydrogen-bond acceptors (Lipinski definition) is 4. The zero-order valence-corrected chi connectivity index (χ0v) is 10.8. The lowest BCUT2D eigenvalue weighted by atomic mass is 10.1. The Morgan fingerprint density at radius 1 is 1.24 bits per heavy atom. The summed E-state index contributed by atoms with van der Waals surface area (Å²) in [6.45, 7) is 1.86. The largest absolute Gasteiger partial charge is 0.497 e. The molecule has 4 heteroatoms. The minimum Gasteiger partial charge on any atom is -0.497 e. The van der Waals surface area contributed by atoms with Crippen LogP contribution in [0.2, 0.25) is 0 Å². The molecule has 0 saturated carbocycles. The second kappa shape index (κ2) is 7.14. The van der Waals surface area contributed by atoms with Gasteiger partial charge in [0.1, 0.15) is 11.5 Å². The zero-order chi connectivity index (χ0) is 12.7. The first-order valence-electron chi connectivity index (χ1n) is 5.71. The molecular weight excluding hydrogens is 218 g/mol. The number of nitrogens with zero attached hydrogens (tertiary/aromatic N) is 1. The van der Waals surface area contributed by atoms with Gasteiger partial charge in [-0.15, -0.1) is 0 Å². The molecule has 0 radical (unpaired) electrons. The van der Waals surface area contributed by atoms with E-state index in [9.17, 15) is 0 Å². The lowest BCUT2D eigenvalue weighted by Gasteiger charge is -2.18. The van der Waals surface area contributed by atoms with Crippen LogP contribution in [-0.2, 0) is 6.54 Å². The smallest absolute Gasteiger partial charge is 0.123 e. The summed E-state index contributed by atoms with van der Waals surface area (Å²) in [4.78, 5) is 2.15. The van der Waals surface area contributed by atoms with E-state index in [1.807, 2.05) is 25.2 Å². The van der Waals surface area contributed by atoms with Crippen LogP contribution in [0, 0.1) is 0 Å². The highest BCUT2D eigenvalue weighted by atomic mass is 16.5. The van der Waals surface area contributed by atoms with Crippen LogP contribution in [-0.4, -0.2) is 44.4 Å². The molecule has 0 heterocycles. The Morgan fingerprint density at radius 3 is 2.59 bits per heavy atom. The average molecular weight is 239 g/mol. The topological polar surface area (TPSA) is 41.9 Å². The molecule has 1 aromatic rings. The van der Waals surface area contributed by atoms with E-state index in [-0.39, 0.29) is 6.61 Å². The molecule has 17 heavy (non-hydrogen) atoms. The van der Waals surface area contributed by atoms with Crippen LogP contribution in [0.15, 0.2) is 18.2 Å². The molecule has 96 valence electrons. The van der Waals surface area contributed by atoms with Crippen molar-refractivity contribution < 1.29 is 14.6 Å². The van der Waals surface area contributed by atoms with Gasteiger partial charge in [-0.05, 0) is 31.7 Å². The van der Waals surface area contributed by atoms with Gasteiger partial charge in [-0.25, -0.2) is 0 Å². The molecule has 4 nitrogen and oxygen atoms in total. The van der Waals surface area contributed by atoms with Crippen LogP contribution in [0.25, 0.3) is 0 Å². The van der Waals surface area contributed by atoms with Gasteiger partial charge in [0.05, 0.1) is 14.2 Å². The van der Waals surface area contributed by atoms with Crippen molar-refractivity contribution in [2.45, 2.75) is 13.0 Å². The molecule has 0 aliphatic rings. The Balaban J connectivity index is 2.72. The van der Waals surface area contributed by atoms with Gasteiger partial charge < -0.3 is 19.5 Å². The first kappa shape index (κ1) is 13.8. The molecule has 0 spiro atoms. The second-order valence-corrected chi connectivity index (χ2v) is 3.99. The third-order valence-electron chi connectivity index (χ3n) is 2.63. The first-order chi connectivity index (χ1) is 8.21. The maximum absolute atomic E-state index is 8.79. The fraction of sp³-hybridized carbons (Fsp3) is 0.538. The molecule has 0 bridgehead atoms. The number of aliphatic hydroxyl groups is 1. The van der Waals surface area contributed by atoms with E-state index in [1.54, 1.807) is 14.2 Å². The van der Waals surface area contributed by atoms with Crippen molar-refractivity contribution in [1.82, 2.24) is 4.90 Å². The molecule has 1 rings (SSSR count). The van der Waals surface area contributed by atoms with Crippen molar-refractivity contribution in [2.24, 2.45) is 0 Å². The SMILES string of the molecule is COc1ccc(OC)c(CN(C)CCCO)c1. The summed E-state index contributed by atoms with van der Waals surface area (Å²) in [5, 5.41) is 8.79. The Labute approximate surface area is 103 Å². The zero-order valence-electron chi connectivity index (χ0n) is 10.8. The van der Waals surface area contributed by atoms with Gasteiger partial charge in [-0.1, -0.05) is 0 Å². The highest BCUT2D eigenvalue weighted by molar-refractivity contribution is 5.40. The molecule has 1 aromatic carbocycles. The molecule has 0 saturated heterocycles. The third kappa shape index (κ3) is 4.24. The van der Waals surface area contributed by atoms with Gasteiger partial charge >= 0.3 is 0 Å². The maximum atomic E-state index is 8.79. The molecule has 0 aliphatic heterocycles. The van der Waals surface area contributed by atoms with Gasteiger partial charge in [-0.2, -0.15) is 0 Å². The van der Waals surface area contributed by atoms with E-state index in [4.69, 9.17) is 14.6 Å². The van der Waals surface area contributed by atoms with Gasteiger partial charge in [0.25, 0.3) is 0 Å². The molecule has 1 N–H and O–H groups in total. The van der Waals surface area contributed by atoms with E-state index >= 15 is 0 Å². The summed E-state index contributed by atoms with van der Waals surface area (Å²) in [7, 11) is 5.34. The lowest BCUT2D eigenvalue weighted by Crippen LogP contribution is -2.20. The van der Waals surface area contributed by atoms with Gasteiger partial charge in [0.15, 0.2) is 0 Å². The number of ether oxygens (including phenoxy) is 2. The highest BCUT2D eigenvalue weighted by Gasteiger charge is 2.07. The van der Waals surface area contributed by atoms with Gasteiger partial charge in [0, 0.05) is 25.3 Å². The van der Waals surface area contributed by atoms with Crippen LogP contribution >= 0.6 is 0 Å². The van der Waals surface area contributed by atoms with Crippen molar-refractivity contribution >= 4 is 0 Å². The Kier molecular flexibility index (Phi) is 5.80. The van der Waals surface area contributed by atoms with Crippen molar-refractivity contribution in [3.63, 3.8) is 0 Å². The number of aliphatic hydroxyl groups excluding tert-OH is 1. The van der Waals surface area contributed by atoms with E-state index in [2.05, 4.69) is 4.90 Å². The summed E-state index contributed by atoms with van der Waals surface area (Å²) in [5.74, 6) is 1.69. The van der Waals surface area contributed by atoms with Crippen LogP contribution in [0.5, 0.6) is 11.5 Å². The van der Waals surface area contributed by atoms with Crippen LogP contribution in [0.4, 0.5) is 0 Å². The van der Waals surface area contributed by atoms with E-state index < -0.39 is 0 Å². The fourth-order valence-electron chi connectivity index (χ4n) is 1.72. The Bertz CT molecular complexity index is 341. The molecule has 0 atom stereocenters. The predicted octanol–water partition coefficient (Wildman–Crippen LogP) is 1.52. The number of hydrogen-bond donors (Lipinski definition) is 1. The summed E-state index contributed by atoms with van der Waals surface area (Å²) in [5.41, 5.74) is 1.09. The number of methoxy groups -OCH3 is 2. The molecular formula is C13H21NO3. The Hall–Kier alpha value is -1.26. The van der Waals surface area contributed by atoms with Gasteiger partial charge in [0.2, 0.25) is 0 Å². The number of benzene rings is 1. The lowest BCUT2D eigenvalue weighted by molar-refractivity contribution is 0.242. The third-order valence-corrected chi connectivity index (χ3v) is 2.63. The van der Waals surface area contributed by atoms with Gasteiger partial charge in [-0.3, -0.25) is 0 Å². The van der Waals surface area contributed by atoms with Crippen LogP contribution < -0.4 is 9.47 Å². The monoisotopic (exact) mass is 239 g/mol. The van der Waals surface area contributed by atoms with E-state index in [0.29, 0.717) is 0 Å². The molecule has 0 aromatic heterocycles. The minimum atomic E-state index is 0.222. The number of rotatable bonds is 7. The predicted molar refractivity (Wildman–Crippen MR) is 67.6 cm³/mol. The molecule has 0 fully saturated rings. The van der Waals surface area contributed by atoms with Crippen molar-refractivity contribution in [2.75, 3.05) is 34.4 Å². The molecule has 0 unspecified atom stereocenters. The van der Waals surface area contributed by atoms with Crippen molar-refractivity contribution in [3.8, 4) is 11.5 Å². The second-order valence-electron chi connectivity index (χ2n) is 3.99. The highest BCUT2D eigenvalue weighted by Crippen LogP contribution is 2.24. The van der Waals surface area contributed by atoms with E-state index in [0.717, 1.165) is 36.6 Å². The Morgan fingerprint density at radius 2 is 2.00 bits per heavy atom. The summed E-state index contributed by atoms with van der Waals surface area (Å²) < 4.78 is 10.5. The standard InChI is InChI=1S/C13H21NO3/c1-14(7-4-8-15)10-11-9-12(16-2)5-6-13(11)17-3/h5-6,9,15H,4,7-8,10H2,1-3H3. The van der Waals surface area contributed by atoms with E-state index in [1.165, 1.54) is 0 Å². The van der Waals surface area contributed by atoms with Crippen molar-refractivity contribution in [3.05, 3.63) is 23.8 Å². The minimum absolute atomic E-state index is 0.222. The summed E-state index contributed by atoms with van der Waals surface area (Å²) >= 11 is 0. The van der Waals surface area contributed by atoms with Crippen molar-refractivity contribution in [1.29, 1.82) is 0 Å². The average Bonchev–Trinajstić information content (AvgIpc) is 2.36.